The summed E-state index contributed by atoms with van der Waals surface area (Å²) in [6.07, 6.45) is 0. The molecule has 24 heavy (non-hydrogen) atoms. The van der Waals surface area contributed by atoms with Gasteiger partial charge in [0.25, 0.3) is 0 Å². The molecule has 0 aliphatic carbocycles. The second-order valence-electron chi connectivity index (χ2n) is 5.29. The fourth-order valence-corrected chi connectivity index (χ4v) is 2.52. The molecule has 0 aromatic heterocycles. The molecule has 0 atom stereocenters. The van der Waals surface area contributed by atoms with E-state index in [4.69, 9.17) is 9.47 Å². The predicted molar refractivity (Wildman–Crippen MR) is 93.9 cm³/mol. The van der Waals surface area contributed by atoms with E-state index in [1.165, 1.54) is 0 Å². The third-order valence-corrected chi connectivity index (χ3v) is 3.76. The summed E-state index contributed by atoms with van der Waals surface area (Å²) in [5, 5.41) is 9.41. The molecule has 3 aromatic carbocycles. The van der Waals surface area contributed by atoms with Crippen molar-refractivity contribution in [3.05, 3.63) is 83.9 Å². The standard InChI is InChI=1S/C21H17NO2/c1-23-18-12-11-17(14-22)20(13-18)19-9-5-6-10-21(19)24-15-16-7-3-2-4-8-16/h2-13H,15H2,1H3. The smallest absolute Gasteiger partial charge is 0.127 e. The van der Waals surface area contributed by atoms with E-state index in [1.54, 1.807) is 19.2 Å². The highest BCUT2D eigenvalue weighted by Gasteiger charge is 2.12. The van der Waals surface area contributed by atoms with Crippen LogP contribution in [0.2, 0.25) is 0 Å². The molecule has 0 aliphatic heterocycles. The SMILES string of the molecule is COc1ccc(C#N)c(-c2ccccc2OCc2ccccc2)c1. The predicted octanol–water partition coefficient (Wildman–Crippen LogP) is 4.81. The van der Waals surface area contributed by atoms with Crippen LogP contribution in [-0.4, -0.2) is 7.11 Å². The first-order valence-electron chi connectivity index (χ1n) is 7.66. The molecule has 3 aromatic rings. The Labute approximate surface area is 141 Å². The van der Waals surface area contributed by atoms with Crippen LogP contribution in [0.25, 0.3) is 11.1 Å². The first-order valence-corrected chi connectivity index (χ1v) is 7.66. The van der Waals surface area contributed by atoms with Gasteiger partial charge in [-0.15, -0.1) is 0 Å². The molecule has 3 rings (SSSR count). The average molecular weight is 315 g/mol. The van der Waals surface area contributed by atoms with E-state index >= 15 is 0 Å². The molecule has 3 nitrogen and oxygen atoms in total. The van der Waals surface area contributed by atoms with Crippen molar-refractivity contribution in [3.8, 4) is 28.7 Å². The lowest BCUT2D eigenvalue weighted by Gasteiger charge is -2.13. The van der Waals surface area contributed by atoms with Crippen molar-refractivity contribution < 1.29 is 9.47 Å². The maximum absolute atomic E-state index is 9.41. The van der Waals surface area contributed by atoms with E-state index in [0.29, 0.717) is 17.9 Å². The van der Waals surface area contributed by atoms with Crippen LogP contribution in [0.5, 0.6) is 11.5 Å². The lowest BCUT2D eigenvalue weighted by Crippen LogP contribution is -1.97. The Morgan fingerprint density at radius 2 is 1.62 bits per heavy atom. The van der Waals surface area contributed by atoms with Crippen LogP contribution in [0, 0.1) is 11.3 Å². The Hall–Kier alpha value is -3.25. The fourth-order valence-electron chi connectivity index (χ4n) is 2.52. The Kier molecular flexibility index (Phi) is 4.78. The Morgan fingerprint density at radius 1 is 0.875 bits per heavy atom. The number of ether oxygens (including phenoxy) is 2. The lowest BCUT2D eigenvalue weighted by atomic mass is 9.99. The molecular formula is C21H17NO2. The third kappa shape index (κ3) is 3.39. The van der Waals surface area contributed by atoms with Crippen molar-refractivity contribution in [1.29, 1.82) is 5.26 Å². The first kappa shape index (κ1) is 15.6. The number of nitriles is 1. The molecule has 0 saturated heterocycles. The molecule has 0 saturated carbocycles. The van der Waals surface area contributed by atoms with Gasteiger partial charge in [-0.2, -0.15) is 5.26 Å². The number of hydrogen-bond donors (Lipinski definition) is 0. The van der Waals surface area contributed by atoms with E-state index in [1.807, 2.05) is 60.7 Å². The van der Waals surface area contributed by atoms with Crippen LogP contribution in [0.1, 0.15) is 11.1 Å². The fraction of sp³-hybridized carbons (Fsp3) is 0.0952. The zero-order valence-corrected chi connectivity index (χ0v) is 13.4. The van der Waals surface area contributed by atoms with Crippen LogP contribution in [-0.2, 0) is 6.61 Å². The van der Waals surface area contributed by atoms with Gasteiger partial charge in [0.15, 0.2) is 0 Å². The number of methoxy groups -OCH3 is 1. The van der Waals surface area contributed by atoms with Crippen molar-refractivity contribution in [1.82, 2.24) is 0 Å². The van der Waals surface area contributed by atoms with Gasteiger partial charge in [-0.3, -0.25) is 0 Å². The van der Waals surface area contributed by atoms with Crippen LogP contribution >= 0.6 is 0 Å². The number of para-hydroxylation sites is 1. The second-order valence-corrected chi connectivity index (χ2v) is 5.29. The summed E-state index contributed by atoms with van der Waals surface area (Å²) >= 11 is 0. The Balaban J connectivity index is 1.96. The van der Waals surface area contributed by atoms with Gasteiger partial charge in [-0.25, -0.2) is 0 Å². The molecule has 0 spiro atoms. The molecule has 0 unspecified atom stereocenters. The lowest BCUT2D eigenvalue weighted by molar-refractivity contribution is 0.307. The van der Waals surface area contributed by atoms with Gasteiger partial charge in [0.1, 0.15) is 18.1 Å². The van der Waals surface area contributed by atoms with Crippen LogP contribution in [0.3, 0.4) is 0 Å². The number of hydrogen-bond acceptors (Lipinski definition) is 3. The van der Waals surface area contributed by atoms with Gasteiger partial charge in [-0.1, -0.05) is 48.5 Å². The maximum atomic E-state index is 9.41. The summed E-state index contributed by atoms with van der Waals surface area (Å²) in [5.74, 6) is 1.45. The van der Waals surface area contributed by atoms with Gasteiger partial charge < -0.3 is 9.47 Å². The van der Waals surface area contributed by atoms with Gasteiger partial charge in [0.05, 0.1) is 18.7 Å². The normalized spacial score (nSPS) is 10.0. The molecule has 0 bridgehead atoms. The summed E-state index contributed by atoms with van der Waals surface area (Å²) < 4.78 is 11.3. The molecule has 0 amide bonds. The highest BCUT2D eigenvalue weighted by atomic mass is 16.5. The quantitative estimate of drug-likeness (QED) is 0.678. The Morgan fingerprint density at radius 3 is 2.38 bits per heavy atom. The molecule has 3 heteroatoms. The molecule has 0 heterocycles. The zero-order chi connectivity index (χ0) is 16.8. The van der Waals surface area contributed by atoms with Crippen molar-refractivity contribution in [2.24, 2.45) is 0 Å². The maximum Gasteiger partial charge on any atom is 0.127 e. The molecule has 0 radical (unpaired) electrons. The first-order chi connectivity index (χ1) is 11.8. The minimum absolute atomic E-state index is 0.476. The number of rotatable bonds is 5. The van der Waals surface area contributed by atoms with Gasteiger partial charge in [0, 0.05) is 11.1 Å². The largest absolute Gasteiger partial charge is 0.497 e. The number of benzene rings is 3. The minimum atomic E-state index is 0.476. The minimum Gasteiger partial charge on any atom is -0.497 e. The van der Waals surface area contributed by atoms with Gasteiger partial charge >= 0.3 is 0 Å². The van der Waals surface area contributed by atoms with Gasteiger partial charge in [-0.05, 0) is 29.8 Å². The van der Waals surface area contributed by atoms with Crippen molar-refractivity contribution in [3.63, 3.8) is 0 Å². The molecule has 0 fully saturated rings. The van der Waals surface area contributed by atoms with Crippen LogP contribution in [0.15, 0.2) is 72.8 Å². The molecule has 118 valence electrons. The zero-order valence-electron chi connectivity index (χ0n) is 13.4. The van der Waals surface area contributed by atoms with E-state index in [2.05, 4.69) is 6.07 Å². The summed E-state index contributed by atoms with van der Waals surface area (Å²) in [7, 11) is 1.61. The Bertz CT molecular complexity index is 867. The monoisotopic (exact) mass is 315 g/mol. The average Bonchev–Trinajstić information content (AvgIpc) is 2.67. The van der Waals surface area contributed by atoms with E-state index in [9.17, 15) is 5.26 Å². The second kappa shape index (κ2) is 7.34. The summed E-state index contributed by atoms with van der Waals surface area (Å²) in [4.78, 5) is 0. The van der Waals surface area contributed by atoms with Crippen molar-refractivity contribution in [2.75, 3.05) is 7.11 Å². The van der Waals surface area contributed by atoms with E-state index in [0.717, 1.165) is 22.4 Å². The highest BCUT2D eigenvalue weighted by Crippen LogP contribution is 2.34. The van der Waals surface area contributed by atoms with E-state index < -0.39 is 0 Å². The summed E-state index contributed by atoms with van der Waals surface area (Å²) in [5.41, 5.74) is 3.37. The summed E-state index contributed by atoms with van der Waals surface area (Å²) in [6.45, 7) is 0.476. The molecule has 0 N–H and O–H groups in total. The topological polar surface area (TPSA) is 42.2 Å². The molecular weight excluding hydrogens is 298 g/mol. The molecule has 0 aliphatic rings. The van der Waals surface area contributed by atoms with Crippen molar-refractivity contribution >= 4 is 0 Å². The number of nitrogens with zero attached hydrogens (tertiary/aromatic N) is 1. The van der Waals surface area contributed by atoms with Crippen molar-refractivity contribution in [2.45, 2.75) is 6.61 Å². The third-order valence-electron chi connectivity index (χ3n) is 3.76. The van der Waals surface area contributed by atoms with Crippen LogP contribution < -0.4 is 9.47 Å². The highest BCUT2D eigenvalue weighted by molar-refractivity contribution is 5.76. The van der Waals surface area contributed by atoms with E-state index in [-0.39, 0.29) is 0 Å². The summed E-state index contributed by atoms with van der Waals surface area (Å²) in [6, 6.07) is 25.4. The van der Waals surface area contributed by atoms with Crippen LogP contribution in [0.4, 0.5) is 0 Å². The van der Waals surface area contributed by atoms with Gasteiger partial charge in [0.2, 0.25) is 0 Å².